The Bertz CT molecular complexity index is 1150. The van der Waals surface area contributed by atoms with E-state index in [2.05, 4.69) is 9.72 Å². The summed E-state index contributed by atoms with van der Waals surface area (Å²) >= 11 is 0. The Morgan fingerprint density at radius 3 is 2.17 bits per heavy atom. The van der Waals surface area contributed by atoms with Crippen molar-refractivity contribution in [3.8, 4) is 11.3 Å². The Morgan fingerprint density at radius 1 is 0.971 bits per heavy atom. The van der Waals surface area contributed by atoms with Gasteiger partial charge in [-0.15, -0.1) is 0 Å². The first kappa shape index (κ1) is 26.2. The largest absolute Gasteiger partial charge is 0.465 e. The van der Waals surface area contributed by atoms with Gasteiger partial charge in [-0.1, -0.05) is 24.3 Å². The van der Waals surface area contributed by atoms with Gasteiger partial charge in [0.2, 0.25) is 0 Å². The fraction of sp³-hybridized carbons (Fsp3) is 0.308. The number of benzene rings is 2. The van der Waals surface area contributed by atoms with Gasteiger partial charge in [0.1, 0.15) is 0 Å². The summed E-state index contributed by atoms with van der Waals surface area (Å²) in [5, 5.41) is 0. The van der Waals surface area contributed by atoms with E-state index < -0.39 is 36.2 Å². The van der Waals surface area contributed by atoms with Crippen LogP contribution in [0, 0.1) is 6.92 Å². The molecule has 0 fully saturated rings. The molecule has 1 atom stereocenters. The molecule has 0 saturated heterocycles. The maximum absolute atomic E-state index is 13.0. The minimum atomic E-state index is -4.49. The number of aromatic nitrogens is 1. The zero-order chi connectivity index (χ0) is 25.8. The number of nitrogens with zero attached hydrogens (tertiary/aromatic N) is 1. The van der Waals surface area contributed by atoms with Gasteiger partial charge < -0.3 is 4.74 Å². The molecule has 1 aromatic heterocycles. The molecule has 3 aromatic rings. The first-order chi connectivity index (χ1) is 16.4. The van der Waals surface area contributed by atoms with Crippen molar-refractivity contribution in [2.45, 2.75) is 44.5 Å². The van der Waals surface area contributed by atoms with E-state index in [4.69, 9.17) is 0 Å². The standard InChI is InChI=1S/C26H23F6NO2/c1-16-13-20(23-10-8-21(15-33-23)26(30,31)32)7-9-22(16)19(11-12-25(27,28)29)14-17-3-5-18(6-4-17)24(34)35-2/h3-10,13,15,19H,11-12,14H2,1-2H3. The first-order valence-corrected chi connectivity index (χ1v) is 10.8. The second kappa shape index (κ2) is 10.5. The molecule has 1 heterocycles. The number of carbonyl (C=O) groups is 1. The van der Waals surface area contributed by atoms with Crippen LogP contribution in [0.4, 0.5) is 26.3 Å². The normalized spacial score (nSPS) is 12.9. The molecular weight excluding hydrogens is 472 g/mol. The van der Waals surface area contributed by atoms with Gasteiger partial charge in [0, 0.05) is 18.2 Å². The molecule has 35 heavy (non-hydrogen) atoms. The summed E-state index contributed by atoms with van der Waals surface area (Å²) in [6, 6.07) is 13.8. The molecule has 1 unspecified atom stereocenters. The van der Waals surface area contributed by atoms with Gasteiger partial charge >= 0.3 is 18.3 Å². The SMILES string of the molecule is COC(=O)c1ccc(CC(CCC(F)(F)F)c2ccc(-c3ccc(C(F)(F)F)cn3)cc2C)cc1. The summed E-state index contributed by atoms with van der Waals surface area (Å²) in [5.41, 5.74) is 2.56. The van der Waals surface area contributed by atoms with E-state index in [-0.39, 0.29) is 6.42 Å². The number of carbonyl (C=O) groups excluding carboxylic acids is 1. The summed E-state index contributed by atoms with van der Waals surface area (Å²) < 4.78 is 82.1. The van der Waals surface area contributed by atoms with Crippen LogP contribution in [0.25, 0.3) is 11.3 Å². The Labute approximate surface area is 198 Å². The summed E-state index contributed by atoms with van der Waals surface area (Å²) in [5.74, 6) is -0.969. The molecule has 2 aromatic carbocycles. The fourth-order valence-corrected chi connectivity index (χ4v) is 3.91. The zero-order valence-electron chi connectivity index (χ0n) is 19.0. The molecule has 0 amide bonds. The molecule has 9 heteroatoms. The summed E-state index contributed by atoms with van der Waals surface area (Å²) in [6.45, 7) is 1.75. The number of ether oxygens (including phenoxy) is 1. The van der Waals surface area contributed by atoms with Crippen molar-refractivity contribution in [3.63, 3.8) is 0 Å². The number of esters is 1. The lowest BCUT2D eigenvalue weighted by atomic mass is 9.85. The van der Waals surface area contributed by atoms with Gasteiger partial charge in [0.15, 0.2) is 0 Å². The van der Waals surface area contributed by atoms with Crippen LogP contribution in [0.2, 0.25) is 0 Å². The highest BCUT2D eigenvalue weighted by molar-refractivity contribution is 5.89. The van der Waals surface area contributed by atoms with E-state index in [1.165, 1.54) is 13.2 Å². The number of methoxy groups -OCH3 is 1. The molecule has 0 bridgehead atoms. The predicted molar refractivity (Wildman–Crippen MR) is 119 cm³/mol. The third kappa shape index (κ3) is 7.07. The van der Waals surface area contributed by atoms with Crippen LogP contribution < -0.4 is 0 Å². The molecule has 0 N–H and O–H groups in total. The van der Waals surface area contributed by atoms with Crippen LogP contribution >= 0.6 is 0 Å². The van der Waals surface area contributed by atoms with Crippen LogP contribution in [0.3, 0.4) is 0 Å². The van der Waals surface area contributed by atoms with Gasteiger partial charge in [-0.25, -0.2) is 4.79 Å². The third-order valence-corrected chi connectivity index (χ3v) is 5.73. The number of hydrogen-bond acceptors (Lipinski definition) is 3. The molecule has 3 nitrogen and oxygen atoms in total. The van der Waals surface area contributed by atoms with Crippen LogP contribution in [0.1, 0.15) is 51.4 Å². The van der Waals surface area contributed by atoms with Crippen molar-refractivity contribution < 1.29 is 35.9 Å². The number of hydrogen-bond donors (Lipinski definition) is 0. The average Bonchev–Trinajstić information content (AvgIpc) is 2.81. The lowest BCUT2D eigenvalue weighted by Crippen LogP contribution is -2.13. The van der Waals surface area contributed by atoms with Gasteiger partial charge in [-0.3, -0.25) is 4.98 Å². The highest BCUT2D eigenvalue weighted by Gasteiger charge is 2.31. The van der Waals surface area contributed by atoms with Crippen LogP contribution in [0.15, 0.2) is 60.8 Å². The molecule has 0 aliphatic rings. The third-order valence-electron chi connectivity index (χ3n) is 5.73. The lowest BCUT2D eigenvalue weighted by Gasteiger charge is -2.21. The smallest absolute Gasteiger partial charge is 0.417 e. The number of rotatable bonds is 7. The first-order valence-electron chi connectivity index (χ1n) is 10.8. The van der Waals surface area contributed by atoms with Crippen molar-refractivity contribution >= 4 is 5.97 Å². The van der Waals surface area contributed by atoms with Crippen LogP contribution in [0.5, 0.6) is 0 Å². The minimum absolute atomic E-state index is 0.138. The molecule has 0 spiro atoms. The quantitative estimate of drug-likeness (QED) is 0.251. The van der Waals surface area contributed by atoms with Gasteiger partial charge in [-0.05, 0) is 72.7 Å². The predicted octanol–water partition coefficient (Wildman–Crippen LogP) is 7.53. The molecule has 0 aliphatic heterocycles. The second-order valence-electron chi connectivity index (χ2n) is 8.24. The minimum Gasteiger partial charge on any atom is -0.465 e. The van der Waals surface area contributed by atoms with E-state index in [1.807, 2.05) is 0 Å². The molecule has 0 radical (unpaired) electrons. The molecule has 0 saturated carbocycles. The van der Waals surface area contributed by atoms with Crippen LogP contribution in [-0.2, 0) is 17.3 Å². The Hall–Kier alpha value is -3.36. The molecular formula is C26H23F6NO2. The summed E-state index contributed by atoms with van der Waals surface area (Å²) in [7, 11) is 1.26. The van der Waals surface area contributed by atoms with E-state index in [0.29, 0.717) is 34.4 Å². The van der Waals surface area contributed by atoms with E-state index in [9.17, 15) is 31.1 Å². The van der Waals surface area contributed by atoms with Crippen molar-refractivity contribution in [3.05, 3.63) is 88.6 Å². The molecule has 3 rings (SSSR count). The topological polar surface area (TPSA) is 39.2 Å². The highest BCUT2D eigenvalue weighted by Crippen LogP contribution is 2.35. The lowest BCUT2D eigenvalue weighted by molar-refractivity contribution is -0.138. The second-order valence-corrected chi connectivity index (χ2v) is 8.24. The summed E-state index contributed by atoms with van der Waals surface area (Å²) in [6.07, 6.45) is -8.84. The Kier molecular flexibility index (Phi) is 7.87. The summed E-state index contributed by atoms with van der Waals surface area (Å²) in [4.78, 5) is 15.5. The number of aryl methyl sites for hydroxylation is 1. The van der Waals surface area contributed by atoms with Gasteiger partial charge in [0.25, 0.3) is 0 Å². The van der Waals surface area contributed by atoms with E-state index in [0.717, 1.165) is 17.8 Å². The number of halogens is 6. The van der Waals surface area contributed by atoms with Crippen molar-refractivity contribution in [1.82, 2.24) is 4.98 Å². The molecule has 186 valence electrons. The van der Waals surface area contributed by atoms with Crippen molar-refractivity contribution in [2.75, 3.05) is 7.11 Å². The Balaban J connectivity index is 1.87. The monoisotopic (exact) mass is 495 g/mol. The molecule has 0 aliphatic carbocycles. The zero-order valence-corrected chi connectivity index (χ0v) is 19.0. The highest BCUT2D eigenvalue weighted by atomic mass is 19.4. The van der Waals surface area contributed by atoms with Crippen molar-refractivity contribution in [1.29, 1.82) is 0 Å². The van der Waals surface area contributed by atoms with Crippen LogP contribution in [-0.4, -0.2) is 24.2 Å². The average molecular weight is 495 g/mol. The van der Waals surface area contributed by atoms with Gasteiger partial charge in [-0.2, -0.15) is 26.3 Å². The van der Waals surface area contributed by atoms with Gasteiger partial charge in [0.05, 0.1) is 23.9 Å². The maximum Gasteiger partial charge on any atom is 0.417 e. The number of alkyl halides is 6. The Morgan fingerprint density at radius 2 is 1.66 bits per heavy atom. The maximum atomic E-state index is 13.0. The van der Waals surface area contributed by atoms with E-state index in [1.54, 1.807) is 49.4 Å². The number of pyridine rings is 1. The van der Waals surface area contributed by atoms with Crippen molar-refractivity contribution in [2.24, 2.45) is 0 Å². The van der Waals surface area contributed by atoms with E-state index >= 15 is 0 Å². The fourth-order valence-electron chi connectivity index (χ4n) is 3.91.